The fourth-order valence-corrected chi connectivity index (χ4v) is 3.20. The van der Waals surface area contributed by atoms with Gasteiger partial charge in [-0.15, -0.1) is 0 Å². The Morgan fingerprint density at radius 3 is 2.94 bits per heavy atom. The molecule has 1 saturated carbocycles. The van der Waals surface area contributed by atoms with E-state index in [2.05, 4.69) is 22.0 Å². The molecular formula is C13H19N3. The number of rotatable bonds is 1. The molecule has 2 heterocycles. The molecule has 3 rings (SSSR count). The van der Waals surface area contributed by atoms with Crippen LogP contribution in [0.25, 0.3) is 0 Å². The molecule has 0 bridgehead atoms. The van der Waals surface area contributed by atoms with E-state index in [1.807, 2.05) is 13.0 Å². The van der Waals surface area contributed by atoms with Gasteiger partial charge in [-0.25, -0.2) is 4.98 Å². The number of nitrogens with zero attached hydrogens (tertiary/aromatic N) is 2. The van der Waals surface area contributed by atoms with E-state index in [1.165, 1.54) is 12.8 Å². The molecule has 1 saturated heterocycles. The molecule has 0 spiro atoms. The second-order valence-electron chi connectivity index (χ2n) is 5.21. The number of hydrogen-bond acceptors (Lipinski definition) is 3. The third-order valence-corrected chi connectivity index (χ3v) is 4.11. The average Bonchev–Trinajstić information content (AvgIpc) is 2.81. The van der Waals surface area contributed by atoms with E-state index in [0.29, 0.717) is 12.0 Å². The lowest BCUT2D eigenvalue weighted by atomic mass is 9.98. The average molecular weight is 217 g/mol. The van der Waals surface area contributed by atoms with Crippen LogP contribution in [0.4, 0.5) is 5.82 Å². The Morgan fingerprint density at radius 2 is 2.19 bits per heavy atom. The fourth-order valence-electron chi connectivity index (χ4n) is 3.20. The summed E-state index contributed by atoms with van der Waals surface area (Å²) in [5.41, 5.74) is 7.24. The van der Waals surface area contributed by atoms with Crippen molar-refractivity contribution < 1.29 is 0 Å². The zero-order valence-corrected chi connectivity index (χ0v) is 9.76. The van der Waals surface area contributed by atoms with Crippen molar-refractivity contribution in [1.82, 2.24) is 4.98 Å². The molecule has 0 amide bonds. The highest BCUT2D eigenvalue weighted by atomic mass is 15.2. The molecule has 0 aromatic carbocycles. The van der Waals surface area contributed by atoms with Crippen LogP contribution in [-0.4, -0.2) is 24.1 Å². The lowest BCUT2D eigenvalue weighted by Crippen LogP contribution is -2.30. The molecule has 3 atom stereocenters. The van der Waals surface area contributed by atoms with Crippen LogP contribution in [0, 0.1) is 18.8 Å². The van der Waals surface area contributed by atoms with Crippen LogP contribution in [0.2, 0.25) is 0 Å². The maximum absolute atomic E-state index is 6.14. The van der Waals surface area contributed by atoms with Crippen molar-refractivity contribution in [3.05, 3.63) is 23.9 Å². The minimum atomic E-state index is 0.416. The van der Waals surface area contributed by atoms with Crippen molar-refractivity contribution in [3.63, 3.8) is 0 Å². The normalized spacial score (nSPS) is 33.1. The van der Waals surface area contributed by atoms with Crippen LogP contribution in [0.3, 0.4) is 0 Å². The van der Waals surface area contributed by atoms with E-state index < -0.39 is 0 Å². The Morgan fingerprint density at radius 1 is 1.31 bits per heavy atom. The highest BCUT2D eigenvalue weighted by Crippen LogP contribution is 2.38. The summed E-state index contributed by atoms with van der Waals surface area (Å²) in [5, 5.41) is 0. The van der Waals surface area contributed by atoms with Gasteiger partial charge in [-0.1, -0.05) is 6.07 Å². The van der Waals surface area contributed by atoms with Gasteiger partial charge in [0.05, 0.1) is 0 Å². The lowest BCUT2D eigenvalue weighted by molar-refractivity contribution is 0.453. The predicted octanol–water partition coefficient (Wildman–Crippen LogP) is 1.56. The standard InChI is InChI=1S/C13H19N3/c1-9-3-2-4-13(15-9)16-7-10-5-6-12(14)11(10)8-16/h2-4,10-12H,5-8,14H2,1H3. The summed E-state index contributed by atoms with van der Waals surface area (Å²) in [7, 11) is 0. The molecular weight excluding hydrogens is 198 g/mol. The summed E-state index contributed by atoms with van der Waals surface area (Å²) in [6.07, 6.45) is 2.51. The molecule has 1 aromatic rings. The maximum Gasteiger partial charge on any atom is 0.128 e. The Kier molecular flexibility index (Phi) is 2.36. The molecule has 1 aliphatic carbocycles. The second kappa shape index (κ2) is 3.74. The Balaban J connectivity index is 1.79. The van der Waals surface area contributed by atoms with Crippen molar-refractivity contribution in [3.8, 4) is 0 Å². The molecule has 2 aliphatic rings. The van der Waals surface area contributed by atoms with Crippen molar-refractivity contribution in [2.75, 3.05) is 18.0 Å². The Bertz CT molecular complexity index is 391. The van der Waals surface area contributed by atoms with Crippen LogP contribution in [0.1, 0.15) is 18.5 Å². The summed E-state index contributed by atoms with van der Waals surface area (Å²) in [4.78, 5) is 7.00. The molecule has 2 fully saturated rings. The second-order valence-corrected chi connectivity index (χ2v) is 5.21. The fraction of sp³-hybridized carbons (Fsp3) is 0.615. The molecule has 2 N–H and O–H groups in total. The molecule has 16 heavy (non-hydrogen) atoms. The van der Waals surface area contributed by atoms with E-state index in [0.717, 1.165) is 30.5 Å². The van der Waals surface area contributed by atoms with E-state index in [-0.39, 0.29) is 0 Å². The summed E-state index contributed by atoms with van der Waals surface area (Å²) in [6, 6.07) is 6.66. The van der Waals surface area contributed by atoms with Crippen molar-refractivity contribution >= 4 is 5.82 Å². The van der Waals surface area contributed by atoms with Gasteiger partial charge in [0.25, 0.3) is 0 Å². The molecule has 1 aliphatic heterocycles. The predicted molar refractivity (Wildman–Crippen MR) is 65.4 cm³/mol. The zero-order valence-electron chi connectivity index (χ0n) is 9.76. The minimum Gasteiger partial charge on any atom is -0.356 e. The van der Waals surface area contributed by atoms with Crippen LogP contribution in [0.15, 0.2) is 18.2 Å². The highest BCUT2D eigenvalue weighted by Gasteiger charge is 2.41. The zero-order chi connectivity index (χ0) is 11.1. The van der Waals surface area contributed by atoms with Gasteiger partial charge in [0.2, 0.25) is 0 Å². The van der Waals surface area contributed by atoms with Crippen LogP contribution < -0.4 is 10.6 Å². The van der Waals surface area contributed by atoms with Gasteiger partial charge in [0.15, 0.2) is 0 Å². The molecule has 86 valence electrons. The highest BCUT2D eigenvalue weighted by molar-refractivity contribution is 5.41. The van der Waals surface area contributed by atoms with Crippen LogP contribution >= 0.6 is 0 Å². The number of hydrogen-bond donors (Lipinski definition) is 1. The Hall–Kier alpha value is -1.09. The first kappa shape index (κ1) is 10.1. The van der Waals surface area contributed by atoms with Crippen molar-refractivity contribution in [1.29, 1.82) is 0 Å². The third-order valence-electron chi connectivity index (χ3n) is 4.11. The molecule has 3 unspecified atom stereocenters. The van der Waals surface area contributed by atoms with Gasteiger partial charge in [0.1, 0.15) is 5.82 Å². The van der Waals surface area contributed by atoms with Gasteiger partial charge >= 0.3 is 0 Å². The smallest absolute Gasteiger partial charge is 0.128 e. The SMILES string of the molecule is Cc1cccc(N2CC3CCC(N)C3C2)n1. The van der Waals surface area contributed by atoms with Crippen LogP contribution in [0.5, 0.6) is 0 Å². The number of nitrogens with two attached hydrogens (primary N) is 1. The topological polar surface area (TPSA) is 42.1 Å². The van der Waals surface area contributed by atoms with Gasteiger partial charge in [0, 0.05) is 24.8 Å². The van der Waals surface area contributed by atoms with Crippen molar-refractivity contribution in [2.45, 2.75) is 25.8 Å². The number of aromatic nitrogens is 1. The summed E-state index contributed by atoms with van der Waals surface area (Å²) in [5.74, 6) is 2.63. The van der Waals surface area contributed by atoms with Crippen molar-refractivity contribution in [2.24, 2.45) is 17.6 Å². The first-order valence-electron chi connectivity index (χ1n) is 6.18. The van der Waals surface area contributed by atoms with Gasteiger partial charge in [-0.2, -0.15) is 0 Å². The van der Waals surface area contributed by atoms with E-state index in [9.17, 15) is 0 Å². The van der Waals surface area contributed by atoms with Crippen LogP contribution in [-0.2, 0) is 0 Å². The largest absolute Gasteiger partial charge is 0.356 e. The molecule has 3 nitrogen and oxygen atoms in total. The third kappa shape index (κ3) is 1.59. The first-order valence-corrected chi connectivity index (χ1v) is 6.18. The van der Waals surface area contributed by atoms with Gasteiger partial charge in [-0.05, 0) is 43.7 Å². The number of anilines is 1. The van der Waals surface area contributed by atoms with Gasteiger partial charge in [-0.3, -0.25) is 0 Å². The monoisotopic (exact) mass is 217 g/mol. The number of aryl methyl sites for hydroxylation is 1. The number of fused-ring (bicyclic) bond motifs is 1. The van der Waals surface area contributed by atoms with E-state index in [4.69, 9.17) is 5.73 Å². The molecule has 3 heteroatoms. The Labute approximate surface area is 96.7 Å². The first-order chi connectivity index (χ1) is 7.74. The molecule has 1 aromatic heterocycles. The number of pyridine rings is 1. The quantitative estimate of drug-likeness (QED) is 0.776. The summed E-state index contributed by atoms with van der Waals surface area (Å²) in [6.45, 7) is 4.29. The molecule has 0 radical (unpaired) electrons. The van der Waals surface area contributed by atoms with Gasteiger partial charge < -0.3 is 10.6 Å². The lowest BCUT2D eigenvalue weighted by Gasteiger charge is -2.19. The summed E-state index contributed by atoms with van der Waals surface area (Å²) < 4.78 is 0. The summed E-state index contributed by atoms with van der Waals surface area (Å²) >= 11 is 0. The maximum atomic E-state index is 6.14. The minimum absolute atomic E-state index is 0.416. The van der Waals surface area contributed by atoms with E-state index in [1.54, 1.807) is 0 Å². The van der Waals surface area contributed by atoms with E-state index >= 15 is 0 Å².